The van der Waals surface area contributed by atoms with Crippen LogP contribution in [0.5, 0.6) is 0 Å². The summed E-state index contributed by atoms with van der Waals surface area (Å²) in [6.45, 7) is 2.26. The Labute approximate surface area is 120 Å². The molecule has 0 aliphatic rings. The topological polar surface area (TPSA) is 9.23 Å². The van der Waals surface area contributed by atoms with Gasteiger partial charge in [0.2, 0.25) is 0 Å². The van der Waals surface area contributed by atoms with Gasteiger partial charge in [-0.15, -0.1) is 0 Å². The molecule has 0 fully saturated rings. The minimum absolute atomic E-state index is 0.320. The van der Waals surface area contributed by atoms with Crippen LogP contribution < -0.4 is 0 Å². The van der Waals surface area contributed by atoms with Gasteiger partial charge >= 0.3 is 120 Å². The van der Waals surface area contributed by atoms with E-state index in [1.807, 2.05) is 0 Å². The zero-order valence-corrected chi connectivity index (χ0v) is 13.7. The summed E-state index contributed by atoms with van der Waals surface area (Å²) < 4.78 is 5.65. The predicted octanol–water partition coefficient (Wildman–Crippen LogP) is 4.58. The number of rotatable bonds is 9. The molecule has 0 spiro atoms. The Bertz CT molecular complexity index is 274. The summed E-state index contributed by atoms with van der Waals surface area (Å²) in [5.74, 6) is 0. The standard InChI is InChI=1S/C15H23O.Sn/c1-2-3-4-5-6-10-13-15(16)14-11-8-7-9-12-14;/h7-9,11-12,15H,2-6,10,13H2,1H3;/q-1;+1. The Hall–Kier alpha value is -0.0213. The summed E-state index contributed by atoms with van der Waals surface area (Å²) in [6.07, 6.45) is 9.62. The third kappa shape index (κ3) is 6.46. The van der Waals surface area contributed by atoms with Crippen molar-refractivity contribution in [3.05, 3.63) is 35.9 Å². The summed E-state index contributed by atoms with van der Waals surface area (Å²) in [5.41, 5.74) is 1.33. The van der Waals surface area contributed by atoms with Crippen molar-refractivity contribution in [2.75, 3.05) is 0 Å². The van der Waals surface area contributed by atoms with Crippen molar-refractivity contribution < 1.29 is 3.07 Å². The van der Waals surface area contributed by atoms with Crippen LogP contribution in [0, 0.1) is 0 Å². The second-order valence-electron chi connectivity index (χ2n) is 4.57. The van der Waals surface area contributed by atoms with Crippen LogP contribution in [0.15, 0.2) is 30.3 Å². The molecule has 0 N–H and O–H groups in total. The molecule has 0 aromatic heterocycles. The van der Waals surface area contributed by atoms with Crippen LogP contribution >= 0.6 is 0 Å². The summed E-state index contributed by atoms with van der Waals surface area (Å²) in [6, 6.07) is 10.6. The van der Waals surface area contributed by atoms with Crippen molar-refractivity contribution in [1.82, 2.24) is 0 Å². The average Bonchev–Trinajstić information content (AvgIpc) is 2.39. The van der Waals surface area contributed by atoms with Crippen molar-refractivity contribution in [3.8, 4) is 0 Å². The summed E-state index contributed by atoms with van der Waals surface area (Å²) in [5, 5.41) is 0. The summed E-state index contributed by atoms with van der Waals surface area (Å²) in [7, 11) is 0. The molecular weight excluding hydrogens is 315 g/mol. The minimum atomic E-state index is 0.320. The predicted molar refractivity (Wildman–Crippen MR) is 74.0 cm³/mol. The van der Waals surface area contributed by atoms with Crippen molar-refractivity contribution in [2.24, 2.45) is 0 Å². The Morgan fingerprint density at radius 1 is 1.00 bits per heavy atom. The zero-order valence-electron chi connectivity index (χ0n) is 10.8. The molecule has 0 aliphatic carbocycles. The molecule has 1 atom stereocenters. The molecule has 0 saturated heterocycles. The monoisotopic (exact) mass is 339 g/mol. The van der Waals surface area contributed by atoms with E-state index in [9.17, 15) is 0 Å². The van der Waals surface area contributed by atoms with Gasteiger partial charge in [0.25, 0.3) is 0 Å². The molecule has 0 bridgehead atoms. The first kappa shape index (κ1) is 15.0. The van der Waals surface area contributed by atoms with Crippen molar-refractivity contribution >= 4 is 22.9 Å². The van der Waals surface area contributed by atoms with Crippen molar-refractivity contribution in [1.29, 1.82) is 0 Å². The van der Waals surface area contributed by atoms with Crippen LogP contribution in [-0.4, -0.2) is 22.9 Å². The number of benzene rings is 1. The van der Waals surface area contributed by atoms with E-state index in [0.29, 0.717) is 6.10 Å². The molecule has 0 heterocycles. The number of hydrogen-bond acceptors (Lipinski definition) is 1. The quantitative estimate of drug-likeness (QED) is 0.473. The molecule has 1 aromatic carbocycles. The third-order valence-electron chi connectivity index (χ3n) is 3.13. The van der Waals surface area contributed by atoms with Crippen LogP contribution in [0.3, 0.4) is 0 Å². The fraction of sp³-hybridized carbons (Fsp3) is 0.600. The van der Waals surface area contributed by atoms with Gasteiger partial charge in [-0.1, -0.05) is 0 Å². The van der Waals surface area contributed by atoms with E-state index < -0.39 is 0 Å². The number of hydrogen-bond donors (Lipinski definition) is 0. The van der Waals surface area contributed by atoms with Crippen LogP contribution in [0.4, 0.5) is 0 Å². The van der Waals surface area contributed by atoms with Crippen molar-refractivity contribution in [3.63, 3.8) is 0 Å². The van der Waals surface area contributed by atoms with Gasteiger partial charge in [0.1, 0.15) is 0 Å². The Morgan fingerprint density at radius 3 is 2.29 bits per heavy atom. The van der Waals surface area contributed by atoms with Gasteiger partial charge < -0.3 is 0 Å². The Kier molecular flexibility index (Phi) is 8.80. The van der Waals surface area contributed by atoms with Crippen LogP contribution in [-0.2, 0) is 3.07 Å². The van der Waals surface area contributed by atoms with E-state index in [-0.39, 0.29) is 0 Å². The van der Waals surface area contributed by atoms with Crippen LogP contribution in [0.1, 0.15) is 63.5 Å². The third-order valence-corrected chi connectivity index (χ3v) is 3.95. The number of unbranched alkanes of at least 4 members (excludes halogenated alkanes) is 5. The van der Waals surface area contributed by atoms with Gasteiger partial charge in [0, 0.05) is 0 Å². The first-order chi connectivity index (χ1) is 8.38. The van der Waals surface area contributed by atoms with Gasteiger partial charge in [0.15, 0.2) is 0 Å². The first-order valence-corrected chi connectivity index (χ1v) is 7.92. The van der Waals surface area contributed by atoms with Gasteiger partial charge in [-0.25, -0.2) is 0 Å². The fourth-order valence-electron chi connectivity index (χ4n) is 2.07. The molecule has 17 heavy (non-hydrogen) atoms. The fourth-order valence-corrected chi connectivity index (χ4v) is 2.80. The average molecular weight is 338 g/mol. The molecule has 1 nitrogen and oxygen atoms in total. The molecule has 1 rings (SSSR count). The second-order valence-corrected chi connectivity index (χ2v) is 5.25. The van der Waals surface area contributed by atoms with E-state index in [4.69, 9.17) is 3.07 Å². The molecule has 1 unspecified atom stereocenters. The molecular formula is C15H23OSn. The van der Waals surface area contributed by atoms with E-state index in [0.717, 1.165) is 0 Å². The molecule has 3 radical (unpaired) electrons. The summed E-state index contributed by atoms with van der Waals surface area (Å²) in [4.78, 5) is 0. The van der Waals surface area contributed by atoms with E-state index in [2.05, 4.69) is 37.3 Å². The second kappa shape index (κ2) is 9.95. The maximum absolute atomic E-state index is 5.65. The molecule has 0 amide bonds. The van der Waals surface area contributed by atoms with Gasteiger partial charge in [-0.3, -0.25) is 0 Å². The Balaban J connectivity index is 2.20. The zero-order chi connectivity index (χ0) is 12.3. The van der Waals surface area contributed by atoms with E-state index in [1.165, 1.54) is 73.4 Å². The molecule has 2 heteroatoms. The van der Waals surface area contributed by atoms with Gasteiger partial charge in [-0.05, 0) is 0 Å². The first-order valence-electron chi connectivity index (χ1n) is 6.75. The molecule has 1 aromatic rings. The van der Waals surface area contributed by atoms with Crippen LogP contribution in [0.25, 0.3) is 0 Å². The summed E-state index contributed by atoms with van der Waals surface area (Å²) >= 11 is 1.17. The normalized spacial score (nSPS) is 12.6. The van der Waals surface area contributed by atoms with Crippen molar-refractivity contribution in [2.45, 2.75) is 58.0 Å². The molecule has 0 aliphatic heterocycles. The van der Waals surface area contributed by atoms with E-state index in [1.54, 1.807) is 0 Å². The van der Waals surface area contributed by atoms with Gasteiger partial charge in [0.05, 0.1) is 0 Å². The van der Waals surface area contributed by atoms with E-state index >= 15 is 0 Å². The maximum atomic E-state index is 5.65. The molecule has 0 saturated carbocycles. The molecule has 93 valence electrons. The van der Waals surface area contributed by atoms with Crippen LogP contribution in [0.2, 0.25) is 0 Å². The SMILES string of the molecule is CCCCCCCCC([O][Sn])c1ccccc1. The van der Waals surface area contributed by atoms with Gasteiger partial charge in [-0.2, -0.15) is 0 Å². The Morgan fingerprint density at radius 2 is 1.65 bits per heavy atom.